The van der Waals surface area contributed by atoms with Gasteiger partial charge in [0.2, 0.25) is 10.3 Å². The standard InChI is InChI=1S/2C22H16BrN3O5S.C2H4O2/c2*1-11-24-25-22(32-11)26-18(12-2-5-14(23)6-3-12)17(20(28)21(26)29)19(27)13-4-7-15-16(10-13)31-9-8-30-15;1-2(3)4/h2*2-7,10,18,27H,8-9H2,1H3;1H3,(H,3,4). The van der Waals surface area contributed by atoms with E-state index in [4.69, 9.17) is 28.8 Å². The van der Waals surface area contributed by atoms with Crippen molar-refractivity contribution in [3.8, 4) is 23.0 Å². The van der Waals surface area contributed by atoms with E-state index in [2.05, 4.69) is 52.3 Å². The summed E-state index contributed by atoms with van der Waals surface area (Å²) in [6.07, 6.45) is 0. The van der Waals surface area contributed by atoms with Crippen LogP contribution >= 0.6 is 54.5 Å². The third-order valence-electron chi connectivity index (χ3n) is 10.3. The molecule has 10 rings (SSSR count). The molecule has 2 aromatic heterocycles. The van der Waals surface area contributed by atoms with E-state index in [1.165, 1.54) is 32.5 Å². The summed E-state index contributed by atoms with van der Waals surface area (Å²) in [6.45, 7) is 6.26. The van der Waals surface area contributed by atoms with Crippen LogP contribution in [0.1, 0.15) is 51.3 Å². The first-order chi connectivity index (χ1) is 32.6. The van der Waals surface area contributed by atoms with Crippen molar-refractivity contribution in [2.75, 3.05) is 36.2 Å². The van der Waals surface area contributed by atoms with E-state index in [1.807, 2.05) is 24.3 Å². The van der Waals surface area contributed by atoms with Crippen LogP contribution in [0.25, 0.3) is 11.5 Å². The molecule has 3 N–H and O–H groups in total. The van der Waals surface area contributed by atoms with Gasteiger partial charge in [-0.05, 0) is 85.6 Å². The lowest BCUT2D eigenvalue weighted by Crippen LogP contribution is -2.29. The molecular weight excluding hydrogens is 1050 g/mol. The van der Waals surface area contributed by atoms with Crippen LogP contribution in [0.3, 0.4) is 0 Å². The SMILES string of the molecule is CC(=O)O.Cc1nnc(N2C(=O)C(=O)C(=C(O)c3ccc4c(c3)OCCO4)C2c2ccc(Br)cc2)s1.Cc1nnc(N2C(=O)C(=O)C(=C(O)c3ccc4c(c3)OCCO4)C2c2ccc(Br)cc2)s1. The molecule has 18 nitrogen and oxygen atoms in total. The zero-order chi connectivity index (χ0) is 48.4. The molecule has 2 saturated heterocycles. The van der Waals surface area contributed by atoms with Crippen LogP contribution in [0.4, 0.5) is 10.3 Å². The average molecular weight is 1090 g/mol. The van der Waals surface area contributed by atoms with E-state index < -0.39 is 41.4 Å². The first-order valence-electron chi connectivity index (χ1n) is 20.3. The maximum Gasteiger partial charge on any atom is 0.301 e. The quantitative estimate of drug-likeness (QED) is 0.0811. The zero-order valence-corrected chi connectivity index (χ0v) is 40.6. The predicted molar refractivity (Wildman–Crippen MR) is 255 cm³/mol. The van der Waals surface area contributed by atoms with Gasteiger partial charge in [-0.1, -0.05) is 78.8 Å². The Morgan fingerprint density at radius 3 is 1.22 bits per heavy atom. The van der Waals surface area contributed by atoms with Gasteiger partial charge in [0, 0.05) is 27.0 Å². The Morgan fingerprint density at radius 2 is 0.897 bits per heavy atom. The number of nitrogens with zero attached hydrogens (tertiary/aromatic N) is 6. The number of aliphatic hydroxyl groups is 2. The first-order valence-corrected chi connectivity index (χ1v) is 23.6. The van der Waals surface area contributed by atoms with E-state index in [-0.39, 0.29) is 22.7 Å². The number of hydrogen-bond donors (Lipinski definition) is 3. The number of rotatable bonds is 6. The number of carboxylic acid groups (broad SMARTS) is 1. The van der Waals surface area contributed by atoms with E-state index in [0.29, 0.717) is 92.0 Å². The number of fused-ring (bicyclic) bond motifs is 2. The topological polar surface area (TPSA) is 241 Å². The Morgan fingerprint density at radius 1 is 0.559 bits per heavy atom. The number of ether oxygens (including phenoxy) is 4. The number of ketones is 2. The summed E-state index contributed by atoms with van der Waals surface area (Å²) in [5, 5.41) is 47.8. The molecule has 0 aliphatic carbocycles. The number of benzene rings is 4. The summed E-state index contributed by atoms with van der Waals surface area (Å²) >= 11 is 9.21. The van der Waals surface area contributed by atoms with Gasteiger partial charge in [0.15, 0.2) is 23.0 Å². The second-order valence-corrected chi connectivity index (χ2v) is 19.0. The predicted octanol–water partition coefficient (Wildman–Crippen LogP) is 8.10. The van der Waals surface area contributed by atoms with Crippen LogP contribution < -0.4 is 28.7 Å². The second-order valence-electron chi connectivity index (χ2n) is 14.9. The second kappa shape index (κ2) is 20.1. The van der Waals surface area contributed by atoms with Crippen LogP contribution in [-0.2, 0) is 24.0 Å². The van der Waals surface area contributed by atoms with Gasteiger partial charge < -0.3 is 34.3 Å². The number of halogens is 2. The van der Waals surface area contributed by atoms with Crippen molar-refractivity contribution in [2.24, 2.45) is 0 Å². The Bertz CT molecular complexity index is 2850. The van der Waals surface area contributed by atoms with Gasteiger partial charge in [-0.25, -0.2) is 0 Å². The molecule has 4 aromatic carbocycles. The zero-order valence-electron chi connectivity index (χ0n) is 35.8. The van der Waals surface area contributed by atoms with Gasteiger partial charge >= 0.3 is 11.8 Å². The average Bonchev–Trinajstić information content (AvgIpc) is 4.09. The normalized spacial score (nSPS) is 18.7. The third-order valence-corrected chi connectivity index (χ3v) is 13.1. The maximum absolute atomic E-state index is 13.1. The number of carbonyl (C=O) groups is 5. The number of anilines is 2. The number of Topliss-reactive ketones (excluding diaryl/α,β-unsaturated/α-hetero) is 2. The van der Waals surface area contributed by atoms with E-state index in [0.717, 1.165) is 15.9 Å². The number of hydrogen-bond acceptors (Lipinski definition) is 17. The van der Waals surface area contributed by atoms with Crippen LogP contribution in [0.5, 0.6) is 23.0 Å². The Labute approximate surface area is 411 Å². The highest BCUT2D eigenvalue weighted by molar-refractivity contribution is 9.10. The summed E-state index contributed by atoms with van der Waals surface area (Å²) in [7, 11) is 0. The van der Waals surface area contributed by atoms with Crippen molar-refractivity contribution >= 4 is 106 Å². The van der Waals surface area contributed by atoms with Crippen molar-refractivity contribution < 1.29 is 58.2 Å². The fraction of sp³-hybridized carbons (Fsp3) is 0.196. The van der Waals surface area contributed by atoms with Crippen molar-refractivity contribution in [3.05, 3.63) is 137 Å². The summed E-state index contributed by atoms with van der Waals surface area (Å²) in [5.74, 6) is -2.50. The number of aromatic nitrogens is 4. The Kier molecular flexibility index (Phi) is 14.0. The number of carboxylic acids is 1. The van der Waals surface area contributed by atoms with Gasteiger partial charge in [-0.2, -0.15) is 0 Å². The highest BCUT2D eigenvalue weighted by Crippen LogP contribution is 2.46. The van der Waals surface area contributed by atoms with E-state index >= 15 is 0 Å². The molecule has 4 aliphatic heterocycles. The Hall–Kier alpha value is -7.01. The van der Waals surface area contributed by atoms with Crippen LogP contribution in [0.2, 0.25) is 0 Å². The molecule has 2 amide bonds. The highest BCUT2D eigenvalue weighted by Gasteiger charge is 2.50. The lowest BCUT2D eigenvalue weighted by molar-refractivity contribution is -0.134. The monoisotopic (exact) mass is 1090 g/mol. The number of aliphatic hydroxyl groups excluding tert-OH is 2. The molecule has 6 aromatic rings. The molecule has 348 valence electrons. The summed E-state index contributed by atoms with van der Waals surface area (Å²) in [6, 6.07) is 22.5. The van der Waals surface area contributed by atoms with Gasteiger partial charge in [-0.3, -0.25) is 33.8 Å². The minimum Gasteiger partial charge on any atom is -0.507 e. The first kappa shape index (κ1) is 47.5. The van der Waals surface area contributed by atoms with Gasteiger partial charge in [0.1, 0.15) is 48.0 Å². The van der Waals surface area contributed by atoms with Crippen molar-refractivity contribution in [1.29, 1.82) is 0 Å². The van der Waals surface area contributed by atoms with Gasteiger partial charge in [0.05, 0.1) is 23.2 Å². The molecule has 0 radical (unpaired) electrons. The van der Waals surface area contributed by atoms with Crippen molar-refractivity contribution in [1.82, 2.24) is 20.4 Å². The van der Waals surface area contributed by atoms with E-state index in [9.17, 15) is 29.4 Å². The number of carbonyl (C=O) groups excluding carboxylic acids is 4. The van der Waals surface area contributed by atoms with Crippen molar-refractivity contribution in [3.63, 3.8) is 0 Å². The molecule has 0 saturated carbocycles. The molecule has 0 spiro atoms. The number of amides is 2. The highest BCUT2D eigenvalue weighted by atomic mass is 79.9. The largest absolute Gasteiger partial charge is 0.507 e. The summed E-state index contributed by atoms with van der Waals surface area (Å²) in [5.41, 5.74) is 1.95. The minimum absolute atomic E-state index is 0.0261. The lowest BCUT2D eigenvalue weighted by Gasteiger charge is -2.23. The molecule has 0 bridgehead atoms. The number of aliphatic carboxylic acids is 1. The molecule has 2 unspecified atom stereocenters. The fourth-order valence-electron chi connectivity index (χ4n) is 7.44. The van der Waals surface area contributed by atoms with E-state index in [1.54, 1.807) is 74.5 Å². The van der Waals surface area contributed by atoms with Crippen LogP contribution in [0.15, 0.2) is 105 Å². The molecule has 4 aliphatic rings. The minimum atomic E-state index is -0.858. The lowest BCUT2D eigenvalue weighted by atomic mass is 9.95. The molecule has 68 heavy (non-hydrogen) atoms. The Balaban J connectivity index is 0.000000171. The van der Waals surface area contributed by atoms with Crippen LogP contribution in [-0.4, -0.2) is 91.5 Å². The van der Waals surface area contributed by atoms with Gasteiger partial charge in [0.25, 0.3) is 17.5 Å². The smallest absolute Gasteiger partial charge is 0.301 e. The molecule has 2 atom stereocenters. The molecule has 22 heteroatoms. The number of aryl methyl sites for hydroxylation is 2. The molecule has 2 fully saturated rings. The molecular formula is C46H36Br2N6O12S2. The van der Waals surface area contributed by atoms with Crippen molar-refractivity contribution in [2.45, 2.75) is 32.9 Å². The van der Waals surface area contributed by atoms with Crippen LogP contribution in [0, 0.1) is 13.8 Å². The third kappa shape index (κ3) is 9.70. The fourth-order valence-corrected chi connectivity index (χ4v) is 9.40. The van der Waals surface area contributed by atoms with Gasteiger partial charge in [-0.15, -0.1) is 20.4 Å². The maximum atomic E-state index is 13.1. The molecule has 6 heterocycles. The summed E-state index contributed by atoms with van der Waals surface area (Å²) in [4.78, 5) is 64.0. The summed E-state index contributed by atoms with van der Waals surface area (Å²) < 4.78 is 23.9.